The summed E-state index contributed by atoms with van der Waals surface area (Å²) in [6.45, 7) is 4.74. The molecule has 3 rings (SSSR count). The number of benzene rings is 2. The van der Waals surface area contributed by atoms with Gasteiger partial charge in [0.15, 0.2) is 0 Å². The molecular weight excluding hydrogens is 374 g/mol. The number of hydrogen-bond acceptors (Lipinski definition) is 4. The molecule has 2 atom stereocenters. The summed E-state index contributed by atoms with van der Waals surface area (Å²) in [5.41, 5.74) is 2.75. The summed E-state index contributed by atoms with van der Waals surface area (Å²) in [5.74, 6) is 0. The molecule has 1 fully saturated rings. The van der Waals surface area contributed by atoms with E-state index in [9.17, 15) is 5.11 Å². The molecule has 0 amide bonds. The van der Waals surface area contributed by atoms with Gasteiger partial charge in [0.05, 0.1) is 6.61 Å². The number of rotatable bonds is 8. The average Bonchev–Trinajstić information content (AvgIpc) is 2.71. The van der Waals surface area contributed by atoms with Gasteiger partial charge in [0.1, 0.15) is 11.7 Å². The lowest BCUT2D eigenvalue weighted by Crippen LogP contribution is -2.51. The van der Waals surface area contributed by atoms with Gasteiger partial charge in [-0.05, 0) is 43.4 Å². The second-order valence-electron chi connectivity index (χ2n) is 7.47. The molecule has 2 N–H and O–H groups in total. The number of morpholine rings is 1. The van der Waals surface area contributed by atoms with E-state index in [1.54, 1.807) is 7.11 Å². The number of methoxy groups -OCH3 is 1. The average molecular weight is 404 g/mol. The molecule has 0 saturated carbocycles. The van der Waals surface area contributed by atoms with Crippen molar-refractivity contribution >= 4 is 11.6 Å². The Kier molecular flexibility index (Phi) is 7.49. The summed E-state index contributed by atoms with van der Waals surface area (Å²) in [6, 6.07) is 14.0. The van der Waals surface area contributed by atoms with Crippen LogP contribution in [-0.2, 0) is 15.1 Å². The summed E-state index contributed by atoms with van der Waals surface area (Å²) in [6.07, 6.45) is 1.98. The standard InChI is InChI=1S/C23H30ClNO3/c1-17-7-5-8-18(15-17)22-19(9-6-10-20(22)24)23(26,11-3-4-13-27-2)21-16-25-12-14-28-21/h5-10,15,21,25-26H,3-4,11-14,16H2,1-2H3/t21-,23+/m1/s1. The molecule has 1 heterocycles. The van der Waals surface area contributed by atoms with Gasteiger partial charge in [-0.2, -0.15) is 0 Å². The number of ether oxygens (including phenoxy) is 2. The van der Waals surface area contributed by atoms with E-state index in [-0.39, 0.29) is 6.10 Å². The van der Waals surface area contributed by atoms with Gasteiger partial charge in [0.25, 0.3) is 0 Å². The first-order chi connectivity index (χ1) is 13.6. The van der Waals surface area contributed by atoms with Crippen LogP contribution in [0, 0.1) is 6.92 Å². The summed E-state index contributed by atoms with van der Waals surface area (Å²) in [4.78, 5) is 0. The highest BCUT2D eigenvalue weighted by atomic mass is 35.5. The molecule has 5 heteroatoms. The highest BCUT2D eigenvalue weighted by molar-refractivity contribution is 6.33. The lowest BCUT2D eigenvalue weighted by molar-refractivity contribution is -0.129. The van der Waals surface area contributed by atoms with Crippen LogP contribution in [0.15, 0.2) is 42.5 Å². The van der Waals surface area contributed by atoms with Crippen molar-refractivity contribution in [3.05, 3.63) is 58.6 Å². The predicted octanol–water partition coefficient (Wildman–Crippen LogP) is 4.31. The third kappa shape index (κ3) is 4.76. The Bertz CT molecular complexity index is 776. The van der Waals surface area contributed by atoms with Crippen molar-refractivity contribution < 1.29 is 14.6 Å². The Labute approximate surface area is 172 Å². The normalized spacial score (nSPS) is 19.4. The molecule has 152 valence electrons. The Morgan fingerprint density at radius 1 is 1.25 bits per heavy atom. The van der Waals surface area contributed by atoms with Crippen molar-refractivity contribution in [2.45, 2.75) is 37.9 Å². The molecule has 2 aromatic carbocycles. The molecule has 1 aliphatic heterocycles. The summed E-state index contributed by atoms with van der Waals surface area (Å²) in [5, 5.41) is 16.0. The zero-order valence-electron chi connectivity index (χ0n) is 16.7. The van der Waals surface area contributed by atoms with E-state index in [2.05, 4.69) is 24.4 Å². The maximum atomic E-state index is 12.0. The number of unbranched alkanes of at least 4 members (excludes halogenated alkanes) is 1. The van der Waals surface area contributed by atoms with E-state index in [1.165, 1.54) is 0 Å². The van der Waals surface area contributed by atoms with Crippen LogP contribution < -0.4 is 5.32 Å². The lowest BCUT2D eigenvalue weighted by atomic mass is 9.79. The van der Waals surface area contributed by atoms with Crippen LogP contribution in [0.4, 0.5) is 0 Å². The molecule has 4 nitrogen and oxygen atoms in total. The van der Waals surface area contributed by atoms with Gasteiger partial charge in [0.2, 0.25) is 0 Å². The van der Waals surface area contributed by atoms with E-state index in [1.807, 2.05) is 30.3 Å². The molecule has 28 heavy (non-hydrogen) atoms. The molecular formula is C23H30ClNO3. The first-order valence-corrected chi connectivity index (χ1v) is 10.3. The van der Waals surface area contributed by atoms with Crippen molar-refractivity contribution in [2.24, 2.45) is 0 Å². The number of nitrogens with one attached hydrogen (secondary N) is 1. The van der Waals surface area contributed by atoms with Crippen LogP contribution in [0.2, 0.25) is 5.02 Å². The van der Waals surface area contributed by atoms with Crippen molar-refractivity contribution in [1.82, 2.24) is 5.32 Å². The Morgan fingerprint density at radius 2 is 2.07 bits per heavy atom. The molecule has 0 spiro atoms. The Hall–Kier alpha value is -1.43. The summed E-state index contributed by atoms with van der Waals surface area (Å²) >= 11 is 6.66. The fraction of sp³-hybridized carbons (Fsp3) is 0.478. The molecule has 0 aliphatic carbocycles. The van der Waals surface area contributed by atoms with E-state index >= 15 is 0 Å². The predicted molar refractivity (Wildman–Crippen MR) is 114 cm³/mol. The van der Waals surface area contributed by atoms with Crippen molar-refractivity contribution in [2.75, 3.05) is 33.4 Å². The maximum Gasteiger partial charge on any atom is 0.118 e. The van der Waals surface area contributed by atoms with Gasteiger partial charge in [-0.15, -0.1) is 0 Å². The maximum absolute atomic E-state index is 12.0. The highest BCUT2D eigenvalue weighted by Crippen LogP contribution is 2.42. The quantitative estimate of drug-likeness (QED) is 0.645. The third-order valence-electron chi connectivity index (χ3n) is 5.40. The zero-order valence-corrected chi connectivity index (χ0v) is 17.5. The van der Waals surface area contributed by atoms with Crippen LogP contribution in [0.3, 0.4) is 0 Å². The van der Waals surface area contributed by atoms with Crippen LogP contribution in [0.25, 0.3) is 11.1 Å². The fourth-order valence-electron chi connectivity index (χ4n) is 3.96. The monoisotopic (exact) mass is 403 g/mol. The summed E-state index contributed by atoms with van der Waals surface area (Å²) in [7, 11) is 1.70. The van der Waals surface area contributed by atoms with Crippen LogP contribution in [-0.4, -0.2) is 44.6 Å². The molecule has 1 saturated heterocycles. The molecule has 1 aliphatic rings. The number of hydrogen-bond donors (Lipinski definition) is 2. The van der Waals surface area contributed by atoms with Gasteiger partial charge < -0.3 is 19.9 Å². The Balaban J connectivity index is 2.05. The van der Waals surface area contributed by atoms with Crippen LogP contribution in [0.1, 0.15) is 30.4 Å². The van der Waals surface area contributed by atoms with Gasteiger partial charge in [-0.25, -0.2) is 0 Å². The molecule has 0 radical (unpaired) electrons. The Morgan fingerprint density at radius 3 is 2.79 bits per heavy atom. The lowest BCUT2D eigenvalue weighted by Gasteiger charge is -2.40. The van der Waals surface area contributed by atoms with Crippen molar-refractivity contribution in [1.29, 1.82) is 0 Å². The molecule has 0 aromatic heterocycles. The number of aliphatic hydroxyl groups is 1. The second kappa shape index (κ2) is 9.86. The zero-order chi connectivity index (χ0) is 20.0. The topological polar surface area (TPSA) is 50.7 Å². The van der Waals surface area contributed by atoms with Gasteiger partial charge in [-0.3, -0.25) is 0 Å². The highest BCUT2D eigenvalue weighted by Gasteiger charge is 2.41. The largest absolute Gasteiger partial charge is 0.385 e. The van der Waals surface area contributed by atoms with E-state index in [0.717, 1.165) is 41.6 Å². The smallest absolute Gasteiger partial charge is 0.118 e. The van der Waals surface area contributed by atoms with Crippen LogP contribution >= 0.6 is 11.6 Å². The molecule has 2 aromatic rings. The minimum Gasteiger partial charge on any atom is -0.385 e. The van der Waals surface area contributed by atoms with Crippen LogP contribution in [0.5, 0.6) is 0 Å². The third-order valence-corrected chi connectivity index (χ3v) is 5.72. The first kappa shape index (κ1) is 21.3. The minimum atomic E-state index is -1.13. The SMILES string of the molecule is COCCCC[C@](O)(c1cccc(Cl)c1-c1cccc(C)c1)[C@H]1CNCCO1. The number of aryl methyl sites for hydroxylation is 1. The van der Waals surface area contributed by atoms with E-state index in [4.69, 9.17) is 21.1 Å². The van der Waals surface area contributed by atoms with E-state index < -0.39 is 5.60 Å². The van der Waals surface area contributed by atoms with Gasteiger partial charge in [0, 0.05) is 37.4 Å². The second-order valence-corrected chi connectivity index (χ2v) is 7.88. The van der Waals surface area contributed by atoms with Gasteiger partial charge >= 0.3 is 0 Å². The van der Waals surface area contributed by atoms with Crippen molar-refractivity contribution in [3.8, 4) is 11.1 Å². The van der Waals surface area contributed by atoms with Crippen molar-refractivity contribution in [3.63, 3.8) is 0 Å². The summed E-state index contributed by atoms with van der Waals surface area (Å²) < 4.78 is 11.2. The first-order valence-electron chi connectivity index (χ1n) is 9.96. The molecule has 0 unspecified atom stereocenters. The van der Waals surface area contributed by atoms with E-state index in [0.29, 0.717) is 31.2 Å². The minimum absolute atomic E-state index is 0.328. The molecule has 0 bridgehead atoms. The van der Waals surface area contributed by atoms with Gasteiger partial charge in [-0.1, -0.05) is 53.6 Å². The fourth-order valence-corrected chi connectivity index (χ4v) is 4.24. The number of halogens is 1.